The number of aryl methyl sites for hydroxylation is 2. The number of nitrogens with one attached hydrogen (secondary N) is 1. The van der Waals surface area contributed by atoms with E-state index >= 15 is 0 Å². The number of benzene rings is 1. The largest absolute Gasteiger partial charge is 0.481 e. The lowest BCUT2D eigenvalue weighted by atomic mass is 9.85. The molecule has 5 heteroatoms. The second-order valence-electron chi connectivity index (χ2n) is 5.78. The predicted octanol–water partition coefficient (Wildman–Crippen LogP) is 1.53. The summed E-state index contributed by atoms with van der Waals surface area (Å²) < 4.78 is 5.22. The number of rotatable bonds is 5. The minimum absolute atomic E-state index is 0.130. The summed E-state index contributed by atoms with van der Waals surface area (Å²) in [6.07, 6.45) is 0.993. The van der Waals surface area contributed by atoms with Crippen LogP contribution in [-0.2, 0) is 20.7 Å². The van der Waals surface area contributed by atoms with Crippen LogP contribution in [0.1, 0.15) is 24.5 Å². The first-order valence-electron chi connectivity index (χ1n) is 7.08. The summed E-state index contributed by atoms with van der Waals surface area (Å²) in [5, 5.41) is 12.1. The maximum absolute atomic E-state index is 12.0. The Hall–Kier alpha value is -1.88. The number of carbonyl (C=O) groups is 2. The van der Waals surface area contributed by atoms with Crippen molar-refractivity contribution in [2.24, 2.45) is 5.41 Å². The minimum Gasteiger partial charge on any atom is -0.481 e. The number of hydrogen-bond acceptors (Lipinski definition) is 3. The predicted molar refractivity (Wildman–Crippen MR) is 78.0 cm³/mol. The molecule has 1 aromatic rings. The first-order chi connectivity index (χ1) is 9.93. The van der Waals surface area contributed by atoms with Crippen molar-refractivity contribution >= 4 is 11.9 Å². The van der Waals surface area contributed by atoms with Gasteiger partial charge in [0.1, 0.15) is 5.41 Å². The van der Waals surface area contributed by atoms with Gasteiger partial charge in [0.05, 0.1) is 19.3 Å². The van der Waals surface area contributed by atoms with Crippen LogP contribution in [0.25, 0.3) is 0 Å². The highest BCUT2D eigenvalue weighted by Gasteiger charge is 2.47. The van der Waals surface area contributed by atoms with Crippen molar-refractivity contribution in [1.82, 2.24) is 5.32 Å². The fourth-order valence-corrected chi connectivity index (χ4v) is 2.49. The van der Waals surface area contributed by atoms with Gasteiger partial charge in [0.2, 0.25) is 5.91 Å². The molecule has 0 spiro atoms. The second-order valence-corrected chi connectivity index (χ2v) is 5.78. The van der Waals surface area contributed by atoms with Crippen LogP contribution in [0.3, 0.4) is 0 Å². The van der Waals surface area contributed by atoms with E-state index < -0.39 is 17.4 Å². The van der Waals surface area contributed by atoms with Gasteiger partial charge in [0.15, 0.2) is 0 Å². The molecule has 21 heavy (non-hydrogen) atoms. The zero-order valence-corrected chi connectivity index (χ0v) is 12.4. The lowest BCUT2D eigenvalue weighted by molar-refractivity contribution is -0.149. The summed E-state index contributed by atoms with van der Waals surface area (Å²) in [6.45, 7) is 4.00. The highest BCUT2D eigenvalue weighted by Crippen LogP contribution is 2.28. The van der Waals surface area contributed by atoms with E-state index in [1.807, 2.05) is 31.2 Å². The van der Waals surface area contributed by atoms with Crippen LogP contribution < -0.4 is 5.32 Å². The average Bonchev–Trinajstić information content (AvgIpc) is 2.81. The van der Waals surface area contributed by atoms with Gasteiger partial charge in [-0.25, -0.2) is 0 Å². The number of aliphatic carboxylic acids is 1. The van der Waals surface area contributed by atoms with Crippen LogP contribution >= 0.6 is 0 Å². The normalized spacial score (nSPS) is 24.8. The molecule has 1 aliphatic heterocycles. The zero-order valence-electron chi connectivity index (χ0n) is 12.4. The quantitative estimate of drug-likeness (QED) is 0.862. The molecule has 0 saturated carbocycles. The van der Waals surface area contributed by atoms with Gasteiger partial charge in [-0.1, -0.05) is 24.3 Å². The van der Waals surface area contributed by atoms with E-state index in [2.05, 4.69) is 5.32 Å². The Morgan fingerprint density at radius 1 is 1.43 bits per heavy atom. The van der Waals surface area contributed by atoms with Gasteiger partial charge in [-0.3, -0.25) is 9.59 Å². The molecule has 1 saturated heterocycles. The summed E-state index contributed by atoms with van der Waals surface area (Å²) >= 11 is 0. The molecule has 2 rings (SSSR count). The lowest BCUT2D eigenvalue weighted by Crippen LogP contribution is -2.49. The van der Waals surface area contributed by atoms with Crippen molar-refractivity contribution in [3.05, 3.63) is 35.4 Å². The molecular weight excluding hydrogens is 270 g/mol. The molecule has 2 atom stereocenters. The third-order valence-electron chi connectivity index (χ3n) is 4.16. The van der Waals surface area contributed by atoms with Gasteiger partial charge < -0.3 is 15.2 Å². The third-order valence-corrected chi connectivity index (χ3v) is 4.16. The Bertz CT molecular complexity index is 543. The minimum atomic E-state index is -1.04. The Morgan fingerprint density at radius 2 is 2.14 bits per heavy atom. The summed E-state index contributed by atoms with van der Waals surface area (Å²) in [5.74, 6) is -1.08. The Morgan fingerprint density at radius 3 is 2.81 bits per heavy atom. The number of ether oxygens (including phenoxy) is 1. The van der Waals surface area contributed by atoms with E-state index in [9.17, 15) is 14.7 Å². The molecule has 1 aliphatic rings. The molecule has 0 bridgehead atoms. The Kier molecular flexibility index (Phi) is 4.63. The molecule has 1 heterocycles. The van der Waals surface area contributed by atoms with Crippen LogP contribution in [0, 0.1) is 12.3 Å². The Balaban J connectivity index is 1.90. The molecule has 2 N–H and O–H groups in total. The standard InChI is InChI=1S/C16H21NO4/c1-11-5-3-4-6-12(11)7-8-14(18)17-13-9-21-10-16(13,2)15(19)20/h3-6,13H,7-10H2,1-2H3,(H,17,18)(H,19,20). The average molecular weight is 291 g/mol. The molecule has 2 unspecified atom stereocenters. The molecule has 5 nitrogen and oxygen atoms in total. The second kappa shape index (κ2) is 6.26. The van der Waals surface area contributed by atoms with E-state index in [0.717, 1.165) is 11.1 Å². The van der Waals surface area contributed by atoms with Crippen molar-refractivity contribution in [2.45, 2.75) is 32.7 Å². The molecular formula is C16H21NO4. The number of carbonyl (C=O) groups excluding carboxylic acids is 1. The number of carboxylic acid groups (broad SMARTS) is 1. The monoisotopic (exact) mass is 291 g/mol. The van der Waals surface area contributed by atoms with Crippen molar-refractivity contribution < 1.29 is 19.4 Å². The van der Waals surface area contributed by atoms with Gasteiger partial charge >= 0.3 is 5.97 Å². The van der Waals surface area contributed by atoms with Gasteiger partial charge in [-0.2, -0.15) is 0 Å². The van der Waals surface area contributed by atoms with Crippen LogP contribution in [0.15, 0.2) is 24.3 Å². The van der Waals surface area contributed by atoms with E-state index in [1.165, 1.54) is 0 Å². The summed E-state index contributed by atoms with van der Waals surface area (Å²) in [4.78, 5) is 23.3. The van der Waals surface area contributed by atoms with Crippen molar-refractivity contribution in [3.63, 3.8) is 0 Å². The topological polar surface area (TPSA) is 75.6 Å². The third kappa shape index (κ3) is 3.42. The zero-order chi connectivity index (χ0) is 15.5. The van der Waals surface area contributed by atoms with Gasteiger partial charge in [-0.05, 0) is 31.4 Å². The van der Waals surface area contributed by atoms with Crippen LogP contribution in [0.4, 0.5) is 0 Å². The Labute approximate surface area is 124 Å². The van der Waals surface area contributed by atoms with E-state index in [1.54, 1.807) is 6.92 Å². The van der Waals surface area contributed by atoms with Gasteiger partial charge in [0, 0.05) is 6.42 Å². The summed E-state index contributed by atoms with van der Waals surface area (Å²) in [5.41, 5.74) is 1.25. The molecule has 0 aliphatic carbocycles. The van der Waals surface area contributed by atoms with Gasteiger partial charge in [-0.15, -0.1) is 0 Å². The van der Waals surface area contributed by atoms with Crippen molar-refractivity contribution in [2.75, 3.05) is 13.2 Å². The molecule has 1 aromatic carbocycles. The number of carboxylic acids is 1. The molecule has 0 aromatic heterocycles. The smallest absolute Gasteiger partial charge is 0.313 e. The summed E-state index contributed by atoms with van der Waals surface area (Å²) in [6, 6.07) is 7.46. The van der Waals surface area contributed by atoms with Crippen LogP contribution in [0.5, 0.6) is 0 Å². The van der Waals surface area contributed by atoms with E-state index in [0.29, 0.717) is 12.8 Å². The summed E-state index contributed by atoms with van der Waals surface area (Å²) in [7, 11) is 0. The molecule has 114 valence electrons. The lowest BCUT2D eigenvalue weighted by Gasteiger charge is -2.25. The van der Waals surface area contributed by atoms with Crippen molar-refractivity contribution in [1.29, 1.82) is 0 Å². The molecule has 1 fully saturated rings. The molecule has 0 radical (unpaired) electrons. The SMILES string of the molecule is Cc1ccccc1CCC(=O)NC1COCC1(C)C(=O)O. The maximum atomic E-state index is 12.0. The van der Waals surface area contributed by atoms with Crippen LogP contribution in [-0.4, -0.2) is 36.2 Å². The fourth-order valence-electron chi connectivity index (χ4n) is 2.49. The first kappa shape index (κ1) is 15.5. The van der Waals surface area contributed by atoms with E-state index in [-0.39, 0.29) is 19.1 Å². The maximum Gasteiger partial charge on any atom is 0.313 e. The van der Waals surface area contributed by atoms with Crippen LogP contribution in [0.2, 0.25) is 0 Å². The van der Waals surface area contributed by atoms with Gasteiger partial charge in [0.25, 0.3) is 0 Å². The van der Waals surface area contributed by atoms with Crippen molar-refractivity contribution in [3.8, 4) is 0 Å². The van der Waals surface area contributed by atoms with E-state index in [4.69, 9.17) is 4.74 Å². The number of hydrogen-bond donors (Lipinski definition) is 2. The first-order valence-corrected chi connectivity index (χ1v) is 7.08. The molecule has 1 amide bonds. The number of amides is 1. The highest BCUT2D eigenvalue weighted by atomic mass is 16.5. The fraction of sp³-hybridized carbons (Fsp3) is 0.500. The highest BCUT2D eigenvalue weighted by molar-refractivity contribution is 5.80.